The number of amides is 2. The van der Waals surface area contributed by atoms with Crippen molar-refractivity contribution in [2.75, 3.05) is 20.2 Å². The molecule has 2 saturated heterocycles. The van der Waals surface area contributed by atoms with Gasteiger partial charge in [0.15, 0.2) is 0 Å². The Balaban J connectivity index is 2.25. The molecule has 2 rings (SSSR count). The molecular weight excluding hydrogens is 294 g/mol. The van der Waals surface area contributed by atoms with E-state index in [1.165, 1.54) is 7.11 Å². The molecule has 0 bridgehead atoms. The van der Waals surface area contributed by atoms with Crippen molar-refractivity contribution in [1.29, 1.82) is 0 Å². The molecule has 6 heteroatoms. The first kappa shape index (κ1) is 18.0. The van der Waals surface area contributed by atoms with Crippen LogP contribution in [0.4, 0.5) is 4.79 Å². The Morgan fingerprint density at radius 3 is 2.00 bits per heavy atom. The van der Waals surface area contributed by atoms with E-state index < -0.39 is 5.54 Å². The number of urea groups is 1. The molecule has 2 heterocycles. The molecule has 2 fully saturated rings. The van der Waals surface area contributed by atoms with Crippen molar-refractivity contribution in [2.45, 2.75) is 76.4 Å². The molecule has 2 aliphatic heterocycles. The van der Waals surface area contributed by atoms with Crippen LogP contribution in [0.3, 0.4) is 0 Å². The minimum atomic E-state index is -0.985. The highest BCUT2D eigenvalue weighted by atomic mass is 16.5. The third kappa shape index (κ3) is 4.16. The first-order valence-electron chi connectivity index (χ1n) is 8.54. The van der Waals surface area contributed by atoms with E-state index in [0.717, 1.165) is 32.4 Å². The molecule has 0 saturated carbocycles. The van der Waals surface area contributed by atoms with E-state index in [1.807, 2.05) is 4.90 Å². The topological polar surface area (TPSA) is 70.7 Å². The number of piperidine rings is 2. The van der Waals surface area contributed by atoms with Crippen LogP contribution in [0.1, 0.15) is 59.8 Å². The highest BCUT2D eigenvalue weighted by Gasteiger charge is 2.53. The molecule has 0 atom stereocenters. The van der Waals surface area contributed by atoms with Gasteiger partial charge in [-0.15, -0.1) is 0 Å². The number of methoxy groups -OCH3 is 1. The average Bonchev–Trinajstić information content (AvgIpc) is 2.43. The largest absolute Gasteiger partial charge is 0.467 e. The zero-order valence-electron chi connectivity index (χ0n) is 15.1. The Bertz CT molecular complexity index is 452. The molecule has 0 aromatic rings. The second-order valence-electron chi connectivity index (χ2n) is 8.30. The average molecular weight is 325 g/mol. The van der Waals surface area contributed by atoms with E-state index in [0.29, 0.717) is 12.8 Å². The highest BCUT2D eigenvalue weighted by molar-refractivity contribution is 5.88. The lowest BCUT2D eigenvalue weighted by Crippen LogP contribution is -2.71. The Labute approximate surface area is 139 Å². The van der Waals surface area contributed by atoms with Crippen molar-refractivity contribution < 1.29 is 14.3 Å². The zero-order valence-corrected chi connectivity index (χ0v) is 15.1. The van der Waals surface area contributed by atoms with Gasteiger partial charge >= 0.3 is 12.0 Å². The molecule has 0 radical (unpaired) electrons. The first-order valence-corrected chi connectivity index (χ1v) is 8.54. The maximum Gasteiger partial charge on any atom is 0.331 e. The first-order chi connectivity index (χ1) is 10.6. The van der Waals surface area contributed by atoms with Gasteiger partial charge in [0.2, 0.25) is 0 Å². The number of ether oxygens (including phenoxy) is 1. The van der Waals surface area contributed by atoms with Crippen LogP contribution in [0.5, 0.6) is 0 Å². The number of rotatable bonds is 2. The van der Waals surface area contributed by atoms with Crippen LogP contribution in [-0.4, -0.2) is 53.7 Å². The molecule has 6 nitrogen and oxygen atoms in total. The molecule has 0 aromatic carbocycles. The van der Waals surface area contributed by atoms with Crippen molar-refractivity contribution in [2.24, 2.45) is 0 Å². The maximum absolute atomic E-state index is 12.7. The number of hydrogen-bond acceptors (Lipinski definition) is 4. The fourth-order valence-electron chi connectivity index (χ4n) is 4.44. The van der Waals surface area contributed by atoms with E-state index in [2.05, 4.69) is 38.3 Å². The van der Waals surface area contributed by atoms with Crippen molar-refractivity contribution >= 4 is 12.0 Å². The summed E-state index contributed by atoms with van der Waals surface area (Å²) in [4.78, 5) is 27.1. The normalized spacial score (nSPS) is 25.5. The zero-order chi connectivity index (χ0) is 17.3. The summed E-state index contributed by atoms with van der Waals surface area (Å²) in [5.41, 5.74) is -1.53. The Kier molecular flexibility index (Phi) is 4.95. The summed E-state index contributed by atoms with van der Waals surface area (Å²) < 4.78 is 5.07. The van der Waals surface area contributed by atoms with Crippen molar-refractivity contribution in [1.82, 2.24) is 15.5 Å². The van der Waals surface area contributed by atoms with Gasteiger partial charge in [-0.3, -0.25) is 0 Å². The summed E-state index contributed by atoms with van der Waals surface area (Å²) >= 11 is 0. The summed E-state index contributed by atoms with van der Waals surface area (Å²) in [5.74, 6) is -0.356. The summed E-state index contributed by atoms with van der Waals surface area (Å²) in [5, 5.41) is 6.58. The fraction of sp³-hybridized carbons (Fsp3) is 0.882. The van der Waals surface area contributed by atoms with E-state index in [-0.39, 0.29) is 23.1 Å². The number of esters is 1. The molecular formula is C17H31N3O3. The van der Waals surface area contributed by atoms with Gasteiger partial charge in [-0.25, -0.2) is 9.59 Å². The van der Waals surface area contributed by atoms with Gasteiger partial charge in [0, 0.05) is 24.2 Å². The predicted molar refractivity (Wildman–Crippen MR) is 89.2 cm³/mol. The minimum absolute atomic E-state index is 0.149. The monoisotopic (exact) mass is 325 g/mol. The summed E-state index contributed by atoms with van der Waals surface area (Å²) in [6.07, 6.45) is 4.23. The Morgan fingerprint density at radius 2 is 1.52 bits per heavy atom. The smallest absolute Gasteiger partial charge is 0.331 e. The van der Waals surface area contributed by atoms with Gasteiger partial charge in [0.1, 0.15) is 5.54 Å². The van der Waals surface area contributed by atoms with Crippen LogP contribution in [0.2, 0.25) is 0 Å². The van der Waals surface area contributed by atoms with Gasteiger partial charge in [-0.1, -0.05) is 0 Å². The standard InChI is InChI=1S/C17H31N3O3/c1-15(2)11-17(13(21)23-5,12-16(3,4)19-15)18-14(22)20-9-7-6-8-10-20/h19H,6-12H2,1-5H3,(H,18,22). The molecule has 0 aliphatic carbocycles. The van der Waals surface area contributed by atoms with Crippen LogP contribution >= 0.6 is 0 Å². The Morgan fingerprint density at radius 1 is 1.00 bits per heavy atom. The van der Waals surface area contributed by atoms with Gasteiger partial charge in [-0.05, 0) is 59.8 Å². The molecule has 0 unspecified atom stereocenters. The van der Waals surface area contributed by atoms with E-state index in [1.54, 1.807) is 0 Å². The number of carbonyl (C=O) groups excluding carboxylic acids is 2. The number of nitrogens with zero attached hydrogens (tertiary/aromatic N) is 1. The molecule has 2 aliphatic rings. The number of nitrogens with one attached hydrogen (secondary N) is 2. The van der Waals surface area contributed by atoms with Gasteiger partial charge in [0.25, 0.3) is 0 Å². The fourth-order valence-corrected chi connectivity index (χ4v) is 4.44. The van der Waals surface area contributed by atoms with Crippen LogP contribution in [0.15, 0.2) is 0 Å². The van der Waals surface area contributed by atoms with Crippen LogP contribution in [0, 0.1) is 0 Å². The van der Waals surface area contributed by atoms with E-state index >= 15 is 0 Å². The predicted octanol–water partition coefficient (Wildman–Crippen LogP) is 2.03. The molecule has 132 valence electrons. The van der Waals surface area contributed by atoms with Crippen LogP contribution in [0.25, 0.3) is 0 Å². The van der Waals surface area contributed by atoms with Gasteiger partial charge < -0.3 is 20.3 Å². The molecule has 0 aromatic heterocycles. The summed E-state index contributed by atoms with van der Waals surface area (Å²) in [6.45, 7) is 9.73. The van der Waals surface area contributed by atoms with E-state index in [4.69, 9.17) is 4.74 Å². The van der Waals surface area contributed by atoms with Crippen molar-refractivity contribution in [3.05, 3.63) is 0 Å². The van der Waals surface area contributed by atoms with Gasteiger partial charge in [0.05, 0.1) is 7.11 Å². The number of carbonyl (C=O) groups is 2. The van der Waals surface area contributed by atoms with E-state index in [9.17, 15) is 9.59 Å². The molecule has 2 N–H and O–H groups in total. The number of hydrogen-bond donors (Lipinski definition) is 2. The maximum atomic E-state index is 12.7. The second-order valence-corrected chi connectivity index (χ2v) is 8.30. The molecule has 2 amide bonds. The lowest BCUT2D eigenvalue weighted by molar-refractivity contribution is -0.152. The minimum Gasteiger partial charge on any atom is -0.467 e. The van der Waals surface area contributed by atoms with Gasteiger partial charge in [-0.2, -0.15) is 0 Å². The quantitative estimate of drug-likeness (QED) is 0.762. The highest BCUT2D eigenvalue weighted by Crippen LogP contribution is 2.37. The van der Waals surface area contributed by atoms with Crippen LogP contribution < -0.4 is 10.6 Å². The van der Waals surface area contributed by atoms with Crippen molar-refractivity contribution in [3.8, 4) is 0 Å². The third-order valence-electron chi connectivity index (χ3n) is 4.73. The number of likely N-dealkylation sites (tertiary alicyclic amines) is 1. The lowest BCUT2D eigenvalue weighted by Gasteiger charge is -2.51. The Hall–Kier alpha value is -1.30. The third-order valence-corrected chi connectivity index (χ3v) is 4.73. The molecule has 0 spiro atoms. The van der Waals surface area contributed by atoms with Crippen LogP contribution in [-0.2, 0) is 9.53 Å². The summed E-state index contributed by atoms with van der Waals surface area (Å²) in [7, 11) is 1.39. The summed E-state index contributed by atoms with van der Waals surface area (Å²) in [6, 6.07) is -0.149. The second kappa shape index (κ2) is 6.30. The van der Waals surface area contributed by atoms with Crippen molar-refractivity contribution in [3.63, 3.8) is 0 Å². The lowest BCUT2D eigenvalue weighted by atomic mass is 9.70. The SMILES string of the molecule is COC(=O)C1(NC(=O)N2CCCCC2)CC(C)(C)NC(C)(C)C1. The molecule has 23 heavy (non-hydrogen) atoms.